The van der Waals surface area contributed by atoms with Crippen LogP contribution in [0.15, 0.2) is 36.7 Å². The zero-order valence-corrected chi connectivity index (χ0v) is 12.8. The number of likely N-dealkylation sites (tertiary alicyclic amines) is 1. The summed E-state index contributed by atoms with van der Waals surface area (Å²) in [6.45, 7) is 10.5. The monoisotopic (exact) mass is 268 g/mol. The number of nitrogens with zero attached hydrogens (tertiary/aromatic N) is 2. The molecule has 2 heterocycles. The highest BCUT2D eigenvalue weighted by Crippen LogP contribution is 2.34. The molecule has 2 heteroatoms. The Hall–Kier alpha value is -1.41. The van der Waals surface area contributed by atoms with E-state index >= 15 is 0 Å². The predicted octanol–water partition coefficient (Wildman–Crippen LogP) is 4.10. The summed E-state index contributed by atoms with van der Waals surface area (Å²) in [6.07, 6.45) is 5.31. The third-order valence-corrected chi connectivity index (χ3v) is 4.64. The van der Waals surface area contributed by atoms with Gasteiger partial charge in [-0.15, -0.1) is 0 Å². The number of pyridine rings is 1. The van der Waals surface area contributed by atoms with Crippen LogP contribution in [0.1, 0.15) is 32.8 Å². The molecule has 0 amide bonds. The molecule has 1 fully saturated rings. The van der Waals surface area contributed by atoms with Crippen LogP contribution in [0.25, 0.3) is 10.8 Å². The second kappa shape index (κ2) is 5.17. The van der Waals surface area contributed by atoms with Gasteiger partial charge in [-0.25, -0.2) is 0 Å². The Labute approximate surface area is 121 Å². The molecule has 20 heavy (non-hydrogen) atoms. The minimum absolute atomic E-state index is 0.422. The molecule has 1 saturated heterocycles. The molecule has 1 atom stereocenters. The van der Waals surface area contributed by atoms with Crippen molar-refractivity contribution < 1.29 is 0 Å². The zero-order chi connectivity index (χ0) is 14.2. The van der Waals surface area contributed by atoms with Gasteiger partial charge in [0.25, 0.3) is 0 Å². The lowest BCUT2D eigenvalue weighted by molar-refractivity contribution is 0.226. The first kappa shape index (κ1) is 13.6. The van der Waals surface area contributed by atoms with E-state index in [2.05, 4.69) is 54.9 Å². The molecule has 106 valence electrons. The van der Waals surface area contributed by atoms with Crippen molar-refractivity contribution in [3.05, 3.63) is 42.2 Å². The maximum Gasteiger partial charge on any atom is 0.0346 e. The maximum absolute atomic E-state index is 4.40. The number of rotatable bonds is 2. The van der Waals surface area contributed by atoms with Gasteiger partial charge in [-0.2, -0.15) is 0 Å². The van der Waals surface area contributed by atoms with Crippen molar-refractivity contribution in [2.45, 2.75) is 33.7 Å². The lowest BCUT2D eigenvalue weighted by atomic mass is 9.80. The molecule has 2 aromatic rings. The summed E-state index contributed by atoms with van der Waals surface area (Å²) in [5, 5.41) is 2.60. The first-order chi connectivity index (χ1) is 9.54. The SMILES string of the molecule is CC(C)(C)C1CCN(Cc2cncc3ccccc23)C1. The van der Waals surface area contributed by atoms with Gasteiger partial charge in [0.2, 0.25) is 0 Å². The van der Waals surface area contributed by atoms with Crippen LogP contribution in [0.2, 0.25) is 0 Å². The van der Waals surface area contributed by atoms with E-state index in [0.717, 1.165) is 12.5 Å². The van der Waals surface area contributed by atoms with Crippen LogP contribution in [-0.4, -0.2) is 23.0 Å². The quantitative estimate of drug-likeness (QED) is 0.815. The summed E-state index contributed by atoms with van der Waals surface area (Å²) in [5.41, 5.74) is 1.78. The molecule has 3 rings (SSSR count). The number of fused-ring (bicyclic) bond motifs is 1. The van der Waals surface area contributed by atoms with Gasteiger partial charge in [-0.3, -0.25) is 9.88 Å². The average Bonchev–Trinajstić information content (AvgIpc) is 2.88. The van der Waals surface area contributed by atoms with E-state index in [1.807, 2.05) is 12.4 Å². The van der Waals surface area contributed by atoms with Crippen LogP contribution in [0.4, 0.5) is 0 Å². The Morgan fingerprint density at radius 1 is 1.20 bits per heavy atom. The van der Waals surface area contributed by atoms with Crippen LogP contribution >= 0.6 is 0 Å². The van der Waals surface area contributed by atoms with Crippen LogP contribution in [0.3, 0.4) is 0 Å². The minimum Gasteiger partial charge on any atom is -0.299 e. The number of hydrogen-bond acceptors (Lipinski definition) is 2. The molecule has 1 aliphatic heterocycles. The first-order valence-electron chi connectivity index (χ1n) is 7.58. The van der Waals surface area contributed by atoms with Crippen LogP contribution in [0, 0.1) is 11.3 Å². The number of hydrogen-bond donors (Lipinski definition) is 0. The predicted molar refractivity (Wildman–Crippen MR) is 84.6 cm³/mol. The Balaban J connectivity index is 1.78. The van der Waals surface area contributed by atoms with Gasteiger partial charge in [0.05, 0.1) is 0 Å². The van der Waals surface area contributed by atoms with Gasteiger partial charge in [-0.05, 0) is 35.2 Å². The normalized spacial score (nSPS) is 20.6. The largest absolute Gasteiger partial charge is 0.299 e. The number of benzene rings is 1. The van der Waals surface area contributed by atoms with Gasteiger partial charge >= 0.3 is 0 Å². The van der Waals surface area contributed by atoms with Crippen molar-refractivity contribution >= 4 is 10.8 Å². The van der Waals surface area contributed by atoms with Crippen LogP contribution in [-0.2, 0) is 6.54 Å². The Morgan fingerprint density at radius 2 is 2.00 bits per heavy atom. The molecule has 0 aliphatic carbocycles. The fraction of sp³-hybridized carbons (Fsp3) is 0.500. The van der Waals surface area contributed by atoms with Crippen molar-refractivity contribution in [3.63, 3.8) is 0 Å². The second-order valence-electron chi connectivity index (χ2n) is 7.11. The maximum atomic E-state index is 4.40. The van der Waals surface area contributed by atoms with Gasteiger partial charge in [0.15, 0.2) is 0 Å². The molecule has 1 aliphatic rings. The topological polar surface area (TPSA) is 16.1 Å². The lowest BCUT2D eigenvalue weighted by Gasteiger charge is -2.27. The summed E-state index contributed by atoms with van der Waals surface area (Å²) < 4.78 is 0. The highest BCUT2D eigenvalue weighted by atomic mass is 15.1. The third kappa shape index (κ3) is 2.71. The minimum atomic E-state index is 0.422. The molecular weight excluding hydrogens is 244 g/mol. The molecular formula is C18H24N2. The lowest BCUT2D eigenvalue weighted by Crippen LogP contribution is -2.25. The average molecular weight is 268 g/mol. The van der Waals surface area contributed by atoms with E-state index in [1.165, 1.54) is 35.8 Å². The zero-order valence-electron chi connectivity index (χ0n) is 12.8. The summed E-state index contributed by atoms with van der Waals surface area (Å²) >= 11 is 0. The van der Waals surface area contributed by atoms with Gasteiger partial charge in [0.1, 0.15) is 0 Å². The summed E-state index contributed by atoms with van der Waals surface area (Å²) in [7, 11) is 0. The molecule has 0 spiro atoms. The van der Waals surface area contributed by atoms with Crippen molar-refractivity contribution in [1.82, 2.24) is 9.88 Å². The van der Waals surface area contributed by atoms with Gasteiger partial charge in [0, 0.05) is 30.9 Å². The van der Waals surface area contributed by atoms with Gasteiger partial charge < -0.3 is 0 Å². The second-order valence-corrected chi connectivity index (χ2v) is 7.11. The third-order valence-electron chi connectivity index (χ3n) is 4.64. The molecule has 0 saturated carbocycles. The van der Waals surface area contributed by atoms with Crippen molar-refractivity contribution in [2.75, 3.05) is 13.1 Å². The van der Waals surface area contributed by atoms with E-state index in [4.69, 9.17) is 0 Å². The van der Waals surface area contributed by atoms with Crippen molar-refractivity contribution in [1.29, 1.82) is 0 Å². The molecule has 1 unspecified atom stereocenters. The molecule has 1 aromatic carbocycles. The molecule has 0 N–H and O–H groups in total. The van der Waals surface area contributed by atoms with Crippen molar-refractivity contribution in [2.24, 2.45) is 11.3 Å². The standard InChI is InChI=1S/C18H24N2/c1-18(2,3)16-8-9-20(13-16)12-15-11-19-10-14-6-4-5-7-17(14)15/h4-7,10-11,16H,8-9,12-13H2,1-3H3. The number of aromatic nitrogens is 1. The Kier molecular flexibility index (Phi) is 3.51. The Morgan fingerprint density at radius 3 is 2.75 bits per heavy atom. The molecule has 0 radical (unpaired) electrons. The van der Waals surface area contributed by atoms with E-state index in [9.17, 15) is 0 Å². The van der Waals surface area contributed by atoms with E-state index < -0.39 is 0 Å². The van der Waals surface area contributed by atoms with E-state index in [-0.39, 0.29) is 0 Å². The highest BCUT2D eigenvalue weighted by Gasteiger charge is 2.31. The van der Waals surface area contributed by atoms with Gasteiger partial charge in [-0.1, -0.05) is 45.0 Å². The summed E-state index contributed by atoms with van der Waals surface area (Å²) in [6, 6.07) is 8.56. The van der Waals surface area contributed by atoms with E-state index in [0.29, 0.717) is 5.41 Å². The molecule has 2 nitrogen and oxygen atoms in total. The fourth-order valence-electron chi connectivity index (χ4n) is 3.23. The Bertz CT molecular complexity index is 592. The summed E-state index contributed by atoms with van der Waals surface area (Å²) in [5.74, 6) is 0.811. The molecule has 1 aromatic heterocycles. The van der Waals surface area contributed by atoms with E-state index in [1.54, 1.807) is 0 Å². The van der Waals surface area contributed by atoms with Crippen LogP contribution in [0.5, 0.6) is 0 Å². The van der Waals surface area contributed by atoms with Crippen LogP contribution < -0.4 is 0 Å². The fourth-order valence-corrected chi connectivity index (χ4v) is 3.23. The summed E-state index contributed by atoms with van der Waals surface area (Å²) in [4.78, 5) is 6.98. The highest BCUT2D eigenvalue weighted by molar-refractivity contribution is 5.84. The molecule has 0 bridgehead atoms. The first-order valence-corrected chi connectivity index (χ1v) is 7.58. The smallest absolute Gasteiger partial charge is 0.0346 e. The van der Waals surface area contributed by atoms with Crippen molar-refractivity contribution in [3.8, 4) is 0 Å².